The molecule has 0 unspecified atom stereocenters. The summed E-state index contributed by atoms with van der Waals surface area (Å²) in [5, 5.41) is 9.15. The zero-order valence-electron chi connectivity index (χ0n) is 15.0. The third-order valence-electron chi connectivity index (χ3n) is 4.82. The SMILES string of the molecule is CCOC(=O)C1=C(CNC2CCCCCCC2)NC(=O)N[C@@H]1CC. The van der Waals surface area contributed by atoms with Crippen molar-refractivity contribution in [2.45, 2.75) is 77.3 Å². The number of urea groups is 1. The Balaban J connectivity index is 2.08. The molecule has 1 atom stereocenters. The number of amides is 2. The van der Waals surface area contributed by atoms with Crippen LogP contribution in [0.1, 0.15) is 65.2 Å². The topological polar surface area (TPSA) is 79.5 Å². The molecule has 6 heteroatoms. The molecule has 24 heavy (non-hydrogen) atoms. The molecule has 2 amide bonds. The Hall–Kier alpha value is -1.56. The maximum absolute atomic E-state index is 12.3. The van der Waals surface area contributed by atoms with Gasteiger partial charge in [0.25, 0.3) is 0 Å². The summed E-state index contributed by atoms with van der Waals surface area (Å²) in [6.45, 7) is 4.58. The first-order valence-corrected chi connectivity index (χ1v) is 9.36. The van der Waals surface area contributed by atoms with Crippen molar-refractivity contribution in [2.24, 2.45) is 0 Å². The molecular formula is C18H31N3O3. The summed E-state index contributed by atoms with van der Waals surface area (Å²) in [4.78, 5) is 24.2. The average Bonchev–Trinajstić information content (AvgIpc) is 2.53. The van der Waals surface area contributed by atoms with E-state index in [0.29, 0.717) is 36.9 Å². The van der Waals surface area contributed by atoms with Crippen LogP contribution in [-0.2, 0) is 9.53 Å². The van der Waals surface area contributed by atoms with Crippen molar-refractivity contribution in [1.82, 2.24) is 16.0 Å². The van der Waals surface area contributed by atoms with E-state index in [1.807, 2.05) is 6.92 Å². The molecular weight excluding hydrogens is 306 g/mol. The predicted octanol–water partition coefficient (Wildman–Crippen LogP) is 2.60. The van der Waals surface area contributed by atoms with E-state index in [1.54, 1.807) is 6.92 Å². The Bertz CT molecular complexity index is 468. The number of esters is 1. The third kappa shape index (κ3) is 5.23. The van der Waals surface area contributed by atoms with Gasteiger partial charge in [-0.05, 0) is 26.2 Å². The summed E-state index contributed by atoms with van der Waals surface area (Å²) >= 11 is 0. The van der Waals surface area contributed by atoms with E-state index in [2.05, 4.69) is 16.0 Å². The maximum Gasteiger partial charge on any atom is 0.337 e. The molecule has 1 fully saturated rings. The molecule has 1 heterocycles. The molecule has 0 bridgehead atoms. The average molecular weight is 337 g/mol. The monoisotopic (exact) mass is 337 g/mol. The van der Waals surface area contributed by atoms with Crippen LogP contribution < -0.4 is 16.0 Å². The Labute approximate surface area is 144 Å². The molecule has 0 spiro atoms. The van der Waals surface area contributed by atoms with Crippen LogP contribution in [0.15, 0.2) is 11.3 Å². The minimum absolute atomic E-state index is 0.246. The minimum atomic E-state index is -0.341. The first-order chi connectivity index (χ1) is 11.7. The summed E-state index contributed by atoms with van der Waals surface area (Å²) in [5.41, 5.74) is 1.21. The summed E-state index contributed by atoms with van der Waals surface area (Å²) in [5.74, 6) is -0.341. The van der Waals surface area contributed by atoms with Gasteiger partial charge in [-0.3, -0.25) is 0 Å². The molecule has 0 aromatic rings. The summed E-state index contributed by atoms with van der Waals surface area (Å²) in [7, 11) is 0. The van der Waals surface area contributed by atoms with Crippen LogP contribution in [0.4, 0.5) is 4.79 Å². The van der Waals surface area contributed by atoms with Crippen molar-refractivity contribution in [3.05, 3.63) is 11.3 Å². The highest BCUT2D eigenvalue weighted by Gasteiger charge is 2.31. The van der Waals surface area contributed by atoms with Crippen LogP contribution >= 0.6 is 0 Å². The molecule has 0 aromatic heterocycles. The van der Waals surface area contributed by atoms with Crippen molar-refractivity contribution >= 4 is 12.0 Å². The number of hydrogen-bond acceptors (Lipinski definition) is 4. The predicted molar refractivity (Wildman–Crippen MR) is 93.5 cm³/mol. The lowest BCUT2D eigenvalue weighted by Crippen LogP contribution is -2.52. The van der Waals surface area contributed by atoms with E-state index in [4.69, 9.17) is 4.74 Å². The van der Waals surface area contributed by atoms with Crippen LogP contribution in [0.5, 0.6) is 0 Å². The molecule has 0 aromatic carbocycles. The van der Waals surface area contributed by atoms with Gasteiger partial charge in [0.2, 0.25) is 0 Å². The zero-order chi connectivity index (χ0) is 17.4. The minimum Gasteiger partial charge on any atom is -0.463 e. The molecule has 1 saturated carbocycles. The lowest BCUT2D eigenvalue weighted by molar-refractivity contribution is -0.139. The summed E-state index contributed by atoms with van der Waals surface area (Å²) < 4.78 is 5.19. The standard InChI is InChI=1S/C18H31N3O3/c1-3-14-16(17(22)24-4-2)15(21-18(23)20-14)12-19-13-10-8-6-5-7-9-11-13/h13-14,19H,3-12H2,1-2H3,(H2,20,21,23)/t14-/m1/s1. The highest BCUT2D eigenvalue weighted by atomic mass is 16.5. The number of nitrogens with one attached hydrogen (secondary N) is 3. The van der Waals surface area contributed by atoms with E-state index >= 15 is 0 Å². The van der Waals surface area contributed by atoms with E-state index in [9.17, 15) is 9.59 Å². The largest absolute Gasteiger partial charge is 0.463 e. The smallest absolute Gasteiger partial charge is 0.337 e. The second-order valence-corrected chi connectivity index (χ2v) is 6.59. The molecule has 0 saturated heterocycles. The fourth-order valence-corrected chi connectivity index (χ4v) is 3.51. The van der Waals surface area contributed by atoms with Crippen molar-refractivity contribution in [3.63, 3.8) is 0 Å². The van der Waals surface area contributed by atoms with Crippen LogP contribution in [0.2, 0.25) is 0 Å². The Morgan fingerprint density at radius 3 is 2.46 bits per heavy atom. The highest BCUT2D eigenvalue weighted by molar-refractivity contribution is 5.94. The zero-order valence-corrected chi connectivity index (χ0v) is 15.0. The molecule has 0 radical (unpaired) electrons. The number of rotatable bonds is 6. The van der Waals surface area contributed by atoms with Gasteiger partial charge in [0.15, 0.2) is 0 Å². The van der Waals surface area contributed by atoms with Crippen LogP contribution in [0.3, 0.4) is 0 Å². The summed E-state index contributed by atoms with van der Waals surface area (Å²) in [6.07, 6.45) is 9.40. The van der Waals surface area contributed by atoms with E-state index < -0.39 is 0 Å². The van der Waals surface area contributed by atoms with Gasteiger partial charge >= 0.3 is 12.0 Å². The van der Waals surface area contributed by atoms with Gasteiger partial charge in [0.1, 0.15) is 0 Å². The number of carbonyl (C=O) groups excluding carboxylic acids is 2. The number of ether oxygens (including phenoxy) is 1. The molecule has 6 nitrogen and oxygen atoms in total. The van der Waals surface area contributed by atoms with E-state index in [1.165, 1.54) is 32.1 Å². The lowest BCUT2D eigenvalue weighted by atomic mass is 9.96. The fraction of sp³-hybridized carbons (Fsp3) is 0.778. The van der Waals surface area contributed by atoms with Gasteiger partial charge < -0.3 is 20.7 Å². The second kappa shape index (κ2) is 9.67. The second-order valence-electron chi connectivity index (χ2n) is 6.59. The van der Waals surface area contributed by atoms with E-state index in [0.717, 1.165) is 12.8 Å². The molecule has 1 aliphatic carbocycles. The molecule has 2 aliphatic rings. The van der Waals surface area contributed by atoms with Crippen molar-refractivity contribution in [1.29, 1.82) is 0 Å². The van der Waals surface area contributed by atoms with Crippen LogP contribution in [0, 0.1) is 0 Å². The first-order valence-electron chi connectivity index (χ1n) is 9.36. The fourth-order valence-electron chi connectivity index (χ4n) is 3.51. The molecule has 2 rings (SSSR count). The van der Waals surface area contributed by atoms with Gasteiger partial charge in [-0.25, -0.2) is 9.59 Å². The van der Waals surface area contributed by atoms with Gasteiger partial charge in [0, 0.05) is 18.3 Å². The Kier molecular flexibility index (Phi) is 7.56. The number of hydrogen-bond donors (Lipinski definition) is 3. The van der Waals surface area contributed by atoms with E-state index in [-0.39, 0.29) is 18.0 Å². The molecule has 3 N–H and O–H groups in total. The Morgan fingerprint density at radius 2 is 1.83 bits per heavy atom. The van der Waals surface area contributed by atoms with Gasteiger partial charge in [-0.15, -0.1) is 0 Å². The van der Waals surface area contributed by atoms with Crippen molar-refractivity contribution in [3.8, 4) is 0 Å². The number of carbonyl (C=O) groups is 2. The highest BCUT2D eigenvalue weighted by Crippen LogP contribution is 2.19. The quantitative estimate of drug-likeness (QED) is 0.651. The maximum atomic E-state index is 12.3. The summed E-state index contributed by atoms with van der Waals surface area (Å²) in [6, 6.07) is -0.0793. The normalized spacial score (nSPS) is 23.1. The molecule has 136 valence electrons. The van der Waals surface area contributed by atoms with Crippen LogP contribution in [0.25, 0.3) is 0 Å². The lowest BCUT2D eigenvalue weighted by Gasteiger charge is -2.30. The third-order valence-corrected chi connectivity index (χ3v) is 4.82. The van der Waals surface area contributed by atoms with Gasteiger partial charge in [-0.2, -0.15) is 0 Å². The van der Waals surface area contributed by atoms with Gasteiger partial charge in [0.05, 0.1) is 18.2 Å². The van der Waals surface area contributed by atoms with Crippen molar-refractivity contribution < 1.29 is 14.3 Å². The van der Waals surface area contributed by atoms with Crippen molar-refractivity contribution in [2.75, 3.05) is 13.2 Å². The van der Waals surface area contributed by atoms with Crippen LogP contribution in [-0.4, -0.2) is 37.2 Å². The molecule has 1 aliphatic heterocycles. The Morgan fingerprint density at radius 1 is 1.17 bits per heavy atom. The first kappa shape index (κ1) is 18.8. The van der Waals surface area contributed by atoms with Gasteiger partial charge in [-0.1, -0.05) is 39.0 Å².